The van der Waals surface area contributed by atoms with Crippen molar-refractivity contribution in [3.05, 3.63) is 106 Å². The molecule has 2 heterocycles. The first-order valence-electron chi connectivity index (χ1n) is 11.5. The number of fused-ring (bicyclic) bond motifs is 1. The molecule has 0 unspecified atom stereocenters. The normalized spacial score (nSPS) is 11.6. The van der Waals surface area contributed by atoms with Crippen molar-refractivity contribution in [3.63, 3.8) is 0 Å². The summed E-state index contributed by atoms with van der Waals surface area (Å²) in [5.41, 5.74) is 5.06. The lowest BCUT2D eigenvalue weighted by Crippen LogP contribution is -2.23. The van der Waals surface area contributed by atoms with Gasteiger partial charge in [-0.1, -0.05) is 77.8 Å². The van der Waals surface area contributed by atoms with Crippen LogP contribution in [0.5, 0.6) is 0 Å². The van der Waals surface area contributed by atoms with Crippen molar-refractivity contribution >= 4 is 58.0 Å². The highest BCUT2D eigenvalue weighted by Gasteiger charge is 2.17. The summed E-state index contributed by atoms with van der Waals surface area (Å²) in [6.45, 7) is 0.626. The summed E-state index contributed by atoms with van der Waals surface area (Å²) in [6, 6.07) is 23.6. The Kier molecular flexibility index (Phi) is 7.21. The zero-order valence-corrected chi connectivity index (χ0v) is 22.1. The van der Waals surface area contributed by atoms with E-state index in [4.69, 9.17) is 28.2 Å². The Morgan fingerprint density at radius 3 is 2.32 bits per heavy atom. The van der Waals surface area contributed by atoms with Crippen molar-refractivity contribution in [1.29, 1.82) is 0 Å². The van der Waals surface area contributed by atoms with Gasteiger partial charge in [0.2, 0.25) is 10.0 Å². The lowest BCUT2D eigenvalue weighted by molar-refractivity contribution is 0.581. The quantitative estimate of drug-likeness (QED) is 0.285. The van der Waals surface area contributed by atoms with Gasteiger partial charge in [0.25, 0.3) is 0 Å². The van der Waals surface area contributed by atoms with Crippen molar-refractivity contribution in [2.75, 3.05) is 5.32 Å². The highest BCUT2D eigenvalue weighted by atomic mass is 35.5. The smallest absolute Gasteiger partial charge is 0.242 e. The van der Waals surface area contributed by atoms with Crippen LogP contribution in [0.25, 0.3) is 16.9 Å². The maximum Gasteiger partial charge on any atom is 0.242 e. The van der Waals surface area contributed by atoms with Crippen LogP contribution in [0.1, 0.15) is 11.1 Å². The SMILES string of the molecule is Bc1cnn2c(NCc3cccc(CNS(=O)(=O)c4ccccc4Cl)c3)cc(-c3ccccc3Cl)nc12. The van der Waals surface area contributed by atoms with Gasteiger partial charge < -0.3 is 5.32 Å². The molecule has 0 saturated heterocycles. The Bertz CT molecular complexity index is 1710. The molecule has 5 aromatic rings. The average Bonchev–Trinajstić information content (AvgIpc) is 3.27. The average molecular weight is 550 g/mol. The second kappa shape index (κ2) is 10.6. The molecule has 2 N–H and O–H groups in total. The Balaban J connectivity index is 1.36. The van der Waals surface area contributed by atoms with Gasteiger partial charge in [0.15, 0.2) is 5.65 Å². The number of halogens is 2. The fourth-order valence-electron chi connectivity index (χ4n) is 3.97. The van der Waals surface area contributed by atoms with Crippen LogP contribution in [0.3, 0.4) is 0 Å². The van der Waals surface area contributed by atoms with Gasteiger partial charge in [-0.25, -0.2) is 18.1 Å². The van der Waals surface area contributed by atoms with Gasteiger partial charge in [-0.3, -0.25) is 0 Å². The van der Waals surface area contributed by atoms with Gasteiger partial charge in [0.1, 0.15) is 18.6 Å². The van der Waals surface area contributed by atoms with Crippen LogP contribution >= 0.6 is 23.2 Å². The Morgan fingerprint density at radius 2 is 1.57 bits per heavy atom. The van der Waals surface area contributed by atoms with E-state index >= 15 is 0 Å². The molecule has 186 valence electrons. The molecular weight excluding hydrogens is 528 g/mol. The van der Waals surface area contributed by atoms with Crippen LogP contribution in [-0.2, 0) is 23.1 Å². The molecule has 11 heteroatoms. The molecule has 0 fully saturated rings. The first kappa shape index (κ1) is 25.3. The predicted molar refractivity (Wildman–Crippen MR) is 151 cm³/mol. The van der Waals surface area contributed by atoms with E-state index in [0.29, 0.717) is 11.6 Å². The fourth-order valence-corrected chi connectivity index (χ4v) is 5.73. The summed E-state index contributed by atoms with van der Waals surface area (Å²) in [6.07, 6.45) is 1.77. The Labute approximate surface area is 225 Å². The summed E-state index contributed by atoms with van der Waals surface area (Å²) < 4.78 is 29.8. The van der Waals surface area contributed by atoms with Gasteiger partial charge in [-0.05, 0) is 34.8 Å². The third-order valence-electron chi connectivity index (χ3n) is 5.86. The minimum Gasteiger partial charge on any atom is -0.366 e. The molecule has 0 aliphatic rings. The minimum atomic E-state index is -3.74. The zero-order valence-electron chi connectivity index (χ0n) is 19.8. The molecular formula is C26H22BCl2N5O2S. The molecule has 7 nitrogen and oxygen atoms in total. The zero-order chi connectivity index (χ0) is 26.0. The summed E-state index contributed by atoms with van der Waals surface area (Å²) in [5, 5.41) is 8.71. The second-order valence-electron chi connectivity index (χ2n) is 8.50. The van der Waals surface area contributed by atoms with E-state index < -0.39 is 10.0 Å². The largest absolute Gasteiger partial charge is 0.366 e. The Hall–Kier alpha value is -3.37. The molecule has 0 aliphatic carbocycles. The summed E-state index contributed by atoms with van der Waals surface area (Å²) in [4.78, 5) is 4.83. The van der Waals surface area contributed by atoms with Crippen molar-refractivity contribution in [3.8, 4) is 11.3 Å². The third kappa shape index (κ3) is 5.50. The Morgan fingerprint density at radius 1 is 0.865 bits per heavy atom. The number of sulfonamides is 1. The summed E-state index contributed by atoms with van der Waals surface area (Å²) in [7, 11) is -1.78. The molecule has 2 aromatic heterocycles. The first-order valence-corrected chi connectivity index (χ1v) is 13.7. The summed E-state index contributed by atoms with van der Waals surface area (Å²) in [5.74, 6) is 0.762. The topological polar surface area (TPSA) is 88.4 Å². The number of nitrogens with one attached hydrogen (secondary N) is 2. The van der Waals surface area contributed by atoms with Crippen molar-refractivity contribution in [2.24, 2.45) is 0 Å². The summed E-state index contributed by atoms with van der Waals surface area (Å²) >= 11 is 12.5. The van der Waals surface area contributed by atoms with Crippen molar-refractivity contribution < 1.29 is 8.42 Å². The second-order valence-corrected chi connectivity index (χ2v) is 11.0. The molecule has 3 aromatic carbocycles. The molecule has 0 aliphatic heterocycles. The van der Waals surface area contributed by atoms with E-state index in [1.54, 1.807) is 28.9 Å². The van der Waals surface area contributed by atoms with Crippen LogP contribution in [0.4, 0.5) is 5.82 Å². The molecule has 0 atom stereocenters. The van der Waals surface area contributed by atoms with Gasteiger partial charge in [0.05, 0.1) is 10.7 Å². The number of hydrogen-bond donors (Lipinski definition) is 2. The van der Waals surface area contributed by atoms with E-state index in [-0.39, 0.29) is 16.5 Å². The predicted octanol–water partition coefficient (Wildman–Crippen LogP) is 4.05. The van der Waals surface area contributed by atoms with Crippen LogP contribution in [0.15, 0.2) is 90.0 Å². The molecule has 0 saturated carbocycles. The van der Waals surface area contributed by atoms with E-state index in [2.05, 4.69) is 15.1 Å². The van der Waals surface area contributed by atoms with Crippen LogP contribution < -0.4 is 15.5 Å². The monoisotopic (exact) mass is 549 g/mol. The number of nitrogens with zero attached hydrogens (tertiary/aromatic N) is 3. The van der Waals surface area contributed by atoms with Gasteiger partial charge in [0, 0.05) is 35.9 Å². The van der Waals surface area contributed by atoms with Crippen LogP contribution in [0, 0.1) is 0 Å². The standard InChI is InChI=1S/C26H22BCl2N5O2S/c27-20-16-31-34-25(13-23(33-26(20)34)19-8-1-2-9-21(19)28)30-14-17-6-5-7-18(12-17)15-32-37(35,36)24-11-4-3-10-22(24)29/h1-13,16,30,32H,14-15,27H2. The number of anilines is 1. The lowest BCUT2D eigenvalue weighted by atomic mass is 10.0. The third-order valence-corrected chi connectivity index (χ3v) is 8.09. The first-order chi connectivity index (χ1) is 17.8. The fraction of sp³-hybridized carbons (Fsp3) is 0.0769. The molecule has 0 bridgehead atoms. The lowest BCUT2D eigenvalue weighted by Gasteiger charge is -2.13. The molecule has 0 spiro atoms. The minimum absolute atomic E-state index is 0.0556. The van der Waals surface area contributed by atoms with Crippen molar-refractivity contribution in [1.82, 2.24) is 19.3 Å². The van der Waals surface area contributed by atoms with E-state index in [9.17, 15) is 8.42 Å². The maximum atomic E-state index is 12.7. The highest BCUT2D eigenvalue weighted by Crippen LogP contribution is 2.28. The number of rotatable bonds is 8. The number of aromatic nitrogens is 3. The molecule has 0 radical (unpaired) electrons. The van der Waals surface area contributed by atoms with Crippen LogP contribution in [-0.4, -0.2) is 30.9 Å². The highest BCUT2D eigenvalue weighted by molar-refractivity contribution is 7.89. The molecule has 37 heavy (non-hydrogen) atoms. The van der Waals surface area contributed by atoms with Gasteiger partial charge >= 0.3 is 0 Å². The number of benzene rings is 3. The van der Waals surface area contributed by atoms with Crippen molar-refractivity contribution in [2.45, 2.75) is 18.0 Å². The van der Waals surface area contributed by atoms with Gasteiger partial charge in [-0.2, -0.15) is 9.61 Å². The van der Waals surface area contributed by atoms with E-state index in [1.165, 1.54) is 6.07 Å². The molecule has 5 rings (SSSR count). The van der Waals surface area contributed by atoms with Crippen LogP contribution in [0.2, 0.25) is 10.0 Å². The number of hydrogen-bond acceptors (Lipinski definition) is 5. The van der Waals surface area contributed by atoms with Gasteiger partial charge in [-0.15, -0.1) is 0 Å². The molecule has 0 amide bonds. The van der Waals surface area contributed by atoms with E-state index in [1.807, 2.05) is 62.4 Å². The van der Waals surface area contributed by atoms with E-state index in [0.717, 1.165) is 39.3 Å². The maximum absolute atomic E-state index is 12.7.